The molecule has 3 heteroatoms. The van der Waals surface area contributed by atoms with E-state index in [9.17, 15) is 0 Å². The molecular weight excluding hydrogens is 254 g/mol. The van der Waals surface area contributed by atoms with Crippen LogP contribution in [0.3, 0.4) is 0 Å². The van der Waals surface area contributed by atoms with Gasteiger partial charge in [-0.1, -0.05) is 24.0 Å². The molecule has 0 aliphatic carbocycles. The van der Waals surface area contributed by atoms with Gasteiger partial charge in [-0.15, -0.1) is 0 Å². The minimum atomic E-state index is -0.0859. The van der Waals surface area contributed by atoms with Crippen LogP contribution in [-0.4, -0.2) is 41.7 Å². The normalized spacial score (nSPS) is 12.1. The molecule has 0 heterocycles. The van der Waals surface area contributed by atoms with Crippen molar-refractivity contribution >= 4 is 11.8 Å². The Morgan fingerprint density at radius 1 is 1.32 bits per heavy atom. The summed E-state index contributed by atoms with van der Waals surface area (Å²) in [7, 11) is 2.17. The molecule has 0 bridgehead atoms. The van der Waals surface area contributed by atoms with Gasteiger partial charge in [0.05, 0.1) is 0 Å². The maximum Gasteiger partial charge on any atom is 0.104 e. The summed E-state index contributed by atoms with van der Waals surface area (Å²) in [6, 6.07) is 8.84. The van der Waals surface area contributed by atoms with E-state index in [1.54, 1.807) is 0 Å². The van der Waals surface area contributed by atoms with Gasteiger partial charge < -0.3 is 5.11 Å². The molecule has 0 radical (unpaired) electrons. The van der Waals surface area contributed by atoms with Crippen LogP contribution in [0.25, 0.3) is 0 Å². The number of hydrogen-bond acceptors (Lipinski definition) is 3. The lowest BCUT2D eigenvalue weighted by Gasteiger charge is -2.24. The molecule has 0 amide bonds. The van der Waals surface area contributed by atoms with Gasteiger partial charge in [0.25, 0.3) is 0 Å². The van der Waals surface area contributed by atoms with Crippen LogP contribution >= 0.6 is 11.8 Å². The van der Waals surface area contributed by atoms with Gasteiger partial charge in [0.1, 0.15) is 6.61 Å². The van der Waals surface area contributed by atoms with Gasteiger partial charge in [-0.3, -0.25) is 4.90 Å². The number of aliphatic hydroxyl groups is 1. The van der Waals surface area contributed by atoms with Gasteiger partial charge in [-0.2, -0.15) is 11.8 Å². The van der Waals surface area contributed by atoms with E-state index in [-0.39, 0.29) is 6.61 Å². The summed E-state index contributed by atoms with van der Waals surface area (Å²) in [5.41, 5.74) is 2.25. The molecule has 2 nitrogen and oxygen atoms in total. The van der Waals surface area contributed by atoms with Gasteiger partial charge in [0.15, 0.2) is 0 Å². The highest BCUT2D eigenvalue weighted by Gasteiger charge is 2.08. The van der Waals surface area contributed by atoms with E-state index in [2.05, 4.69) is 49.1 Å². The zero-order valence-corrected chi connectivity index (χ0v) is 12.8. The highest BCUT2D eigenvalue weighted by Crippen LogP contribution is 2.11. The van der Waals surface area contributed by atoms with E-state index >= 15 is 0 Å². The van der Waals surface area contributed by atoms with Gasteiger partial charge in [0, 0.05) is 18.2 Å². The predicted octanol–water partition coefficient (Wildman–Crippen LogP) is 2.60. The van der Waals surface area contributed by atoms with Crippen LogP contribution < -0.4 is 0 Å². The van der Waals surface area contributed by atoms with E-state index in [0.717, 1.165) is 12.1 Å². The number of thioether (sulfide) groups is 1. The lowest BCUT2D eigenvalue weighted by atomic mass is 10.1. The Hall–Kier alpha value is -0.950. The van der Waals surface area contributed by atoms with E-state index in [1.807, 2.05) is 23.9 Å². The van der Waals surface area contributed by atoms with Crippen molar-refractivity contribution in [3.8, 4) is 11.8 Å². The number of hydrogen-bond donors (Lipinski definition) is 1. The van der Waals surface area contributed by atoms with E-state index in [4.69, 9.17) is 5.11 Å². The molecule has 19 heavy (non-hydrogen) atoms. The Kier molecular flexibility index (Phi) is 7.66. The molecule has 104 valence electrons. The summed E-state index contributed by atoms with van der Waals surface area (Å²) in [6.07, 6.45) is 3.37. The standard InChI is InChI=1S/C16H23NOS/c1-14(10-12-19-3)17(2)13-16-8-6-15(7-9-16)5-4-11-18/h6-9,14,18H,10-13H2,1-3H3. The van der Waals surface area contributed by atoms with Crippen molar-refractivity contribution in [2.24, 2.45) is 0 Å². The van der Waals surface area contributed by atoms with Gasteiger partial charge in [0.2, 0.25) is 0 Å². The minimum absolute atomic E-state index is 0.0859. The zero-order chi connectivity index (χ0) is 14.1. The number of rotatable bonds is 6. The third-order valence-corrected chi connectivity index (χ3v) is 3.83. The van der Waals surface area contributed by atoms with Crippen LogP contribution in [0.2, 0.25) is 0 Å². The smallest absolute Gasteiger partial charge is 0.104 e. The monoisotopic (exact) mass is 277 g/mol. The average molecular weight is 277 g/mol. The van der Waals surface area contributed by atoms with Crippen LogP contribution in [0.4, 0.5) is 0 Å². The van der Waals surface area contributed by atoms with Crippen molar-refractivity contribution in [1.29, 1.82) is 0 Å². The highest BCUT2D eigenvalue weighted by molar-refractivity contribution is 7.98. The maximum absolute atomic E-state index is 8.65. The first-order valence-electron chi connectivity index (χ1n) is 6.55. The lowest BCUT2D eigenvalue weighted by molar-refractivity contribution is 0.245. The fraction of sp³-hybridized carbons (Fsp3) is 0.500. The molecule has 1 atom stereocenters. The second kappa shape index (κ2) is 9.03. The summed E-state index contributed by atoms with van der Waals surface area (Å²) in [4.78, 5) is 2.38. The van der Waals surface area contributed by atoms with E-state index in [0.29, 0.717) is 6.04 Å². The van der Waals surface area contributed by atoms with Crippen LogP contribution in [0.15, 0.2) is 24.3 Å². The molecule has 1 aromatic rings. The SMILES string of the molecule is CSCCC(C)N(C)Cc1ccc(C#CCO)cc1. The minimum Gasteiger partial charge on any atom is -0.384 e. The van der Waals surface area contributed by atoms with Crippen molar-refractivity contribution < 1.29 is 5.11 Å². The largest absolute Gasteiger partial charge is 0.384 e. The summed E-state index contributed by atoms with van der Waals surface area (Å²) in [5.74, 6) is 6.78. The number of benzene rings is 1. The molecule has 1 aromatic carbocycles. The summed E-state index contributed by atoms with van der Waals surface area (Å²) >= 11 is 1.90. The summed E-state index contributed by atoms with van der Waals surface area (Å²) in [6.45, 7) is 3.15. The first-order chi connectivity index (χ1) is 9.17. The molecule has 0 fully saturated rings. The van der Waals surface area contributed by atoms with Crippen molar-refractivity contribution in [2.75, 3.05) is 25.7 Å². The second-order valence-electron chi connectivity index (χ2n) is 4.70. The fourth-order valence-electron chi connectivity index (χ4n) is 1.79. The van der Waals surface area contributed by atoms with Crippen LogP contribution in [0.1, 0.15) is 24.5 Å². The van der Waals surface area contributed by atoms with Crippen LogP contribution in [-0.2, 0) is 6.54 Å². The van der Waals surface area contributed by atoms with Crippen molar-refractivity contribution in [3.05, 3.63) is 35.4 Å². The third kappa shape index (κ3) is 6.15. The Balaban J connectivity index is 2.52. The highest BCUT2D eigenvalue weighted by atomic mass is 32.2. The molecule has 0 saturated carbocycles. The first-order valence-corrected chi connectivity index (χ1v) is 7.94. The molecular formula is C16H23NOS. The molecule has 1 N–H and O–H groups in total. The topological polar surface area (TPSA) is 23.5 Å². The zero-order valence-electron chi connectivity index (χ0n) is 12.0. The van der Waals surface area contributed by atoms with Gasteiger partial charge in [-0.05, 0) is 50.1 Å². The fourth-order valence-corrected chi connectivity index (χ4v) is 2.36. The third-order valence-electron chi connectivity index (χ3n) is 3.19. The van der Waals surface area contributed by atoms with Gasteiger partial charge >= 0.3 is 0 Å². The Morgan fingerprint density at radius 3 is 2.58 bits per heavy atom. The molecule has 0 aliphatic rings. The summed E-state index contributed by atoms with van der Waals surface area (Å²) in [5, 5.41) is 8.65. The molecule has 1 unspecified atom stereocenters. The summed E-state index contributed by atoms with van der Waals surface area (Å²) < 4.78 is 0. The Morgan fingerprint density at radius 2 is 2.00 bits per heavy atom. The Labute approximate surface area is 121 Å². The van der Waals surface area contributed by atoms with Crippen molar-refractivity contribution in [2.45, 2.75) is 25.9 Å². The first kappa shape index (κ1) is 16.1. The van der Waals surface area contributed by atoms with Crippen molar-refractivity contribution in [1.82, 2.24) is 4.90 Å². The van der Waals surface area contributed by atoms with E-state index < -0.39 is 0 Å². The van der Waals surface area contributed by atoms with Crippen LogP contribution in [0.5, 0.6) is 0 Å². The predicted molar refractivity (Wildman–Crippen MR) is 84.3 cm³/mol. The van der Waals surface area contributed by atoms with Crippen LogP contribution in [0, 0.1) is 11.8 Å². The molecule has 0 aromatic heterocycles. The Bertz CT molecular complexity index is 419. The molecule has 0 aliphatic heterocycles. The average Bonchev–Trinajstić information content (AvgIpc) is 2.43. The quantitative estimate of drug-likeness (QED) is 0.809. The van der Waals surface area contributed by atoms with Gasteiger partial charge in [-0.25, -0.2) is 0 Å². The number of aliphatic hydroxyl groups excluding tert-OH is 1. The number of nitrogens with zero attached hydrogens (tertiary/aromatic N) is 1. The molecule has 1 rings (SSSR count). The van der Waals surface area contributed by atoms with E-state index in [1.165, 1.54) is 17.7 Å². The maximum atomic E-state index is 8.65. The lowest BCUT2D eigenvalue weighted by Crippen LogP contribution is -2.29. The second-order valence-corrected chi connectivity index (χ2v) is 5.69. The van der Waals surface area contributed by atoms with Crippen molar-refractivity contribution in [3.63, 3.8) is 0 Å². The molecule has 0 spiro atoms. The molecule has 0 saturated heterocycles.